The summed E-state index contributed by atoms with van der Waals surface area (Å²) in [5.74, 6) is 1.40. The average molecular weight is 287 g/mol. The summed E-state index contributed by atoms with van der Waals surface area (Å²) in [7, 11) is 0. The Morgan fingerprint density at radius 1 is 1.47 bits per heavy atom. The molecule has 3 unspecified atom stereocenters. The number of hydrogen-bond acceptors (Lipinski definition) is 3. The zero-order valence-electron chi connectivity index (χ0n) is 12.7. The molecule has 1 saturated carbocycles. The van der Waals surface area contributed by atoms with Crippen molar-refractivity contribution < 1.29 is 9.90 Å². The summed E-state index contributed by atoms with van der Waals surface area (Å²) in [5.41, 5.74) is -0.656. The zero-order valence-corrected chi connectivity index (χ0v) is 13.6. The van der Waals surface area contributed by atoms with Crippen LogP contribution in [0.15, 0.2) is 0 Å². The van der Waals surface area contributed by atoms with Gasteiger partial charge in [-0.05, 0) is 43.4 Å². The molecule has 1 aliphatic rings. The molecule has 0 amide bonds. The van der Waals surface area contributed by atoms with Crippen molar-refractivity contribution in [3.8, 4) is 0 Å². The Morgan fingerprint density at radius 3 is 2.68 bits per heavy atom. The van der Waals surface area contributed by atoms with Crippen molar-refractivity contribution in [2.45, 2.75) is 64.2 Å². The Balaban J connectivity index is 2.53. The Hall–Kier alpha value is -0.220. The lowest BCUT2D eigenvalue weighted by Crippen LogP contribution is -2.54. The number of thioether (sulfide) groups is 1. The molecule has 1 aliphatic carbocycles. The smallest absolute Gasteiger partial charge is 0.324 e. The van der Waals surface area contributed by atoms with E-state index in [-0.39, 0.29) is 5.92 Å². The van der Waals surface area contributed by atoms with Crippen LogP contribution in [0.2, 0.25) is 0 Å². The average Bonchev–Trinajstić information content (AvgIpc) is 2.74. The number of aliphatic carboxylic acids is 1. The van der Waals surface area contributed by atoms with E-state index in [0.29, 0.717) is 11.2 Å². The molecule has 3 atom stereocenters. The van der Waals surface area contributed by atoms with Gasteiger partial charge in [-0.1, -0.05) is 34.1 Å². The second-order valence-corrected chi connectivity index (χ2v) is 7.49. The van der Waals surface area contributed by atoms with Crippen LogP contribution in [0.1, 0.15) is 53.4 Å². The molecular formula is C15H29NO2S. The maximum atomic E-state index is 11.7. The van der Waals surface area contributed by atoms with Crippen LogP contribution in [0.25, 0.3) is 0 Å². The van der Waals surface area contributed by atoms with Crippen LogP contribution in [0, 0.1) is 11.8 Å². The third-order valence-electron chi connectivity index (χ3n) is 4.48. The first-order valence-electron chi connectivity index (χ1n) is 7.54. The summed E-state index contributed by atoms with van der Waals surface area (Å²) in [6.45, 7) is 9.48. The van der Waals surface area contributed by atoms with E-state index in [9.17, 15) is 9.90 Å². The molecule has 0 aromatic rings. The molecule has 0 spiro atoms. The van der Waals surface area contributed by atoms with Gasteiger partial charge in [0.2, 0.25) is 0 Å². The van der Waals surface area contributed by atoms with Gasteiger partial charge in [-0.2, -0.15) is 11.8 Å². The van der Waals surface area contributed by atoms with Crippen molar-refractivity contribution in [1.29, 1.82) is 0 Å². The van der Waals surface area contributed by atoms with Crippen LogP contribution < -0.4 is 5.32 Å². The third kappa shape index (κ3) is 4.12. The van der Waals surface area contributed by atoms with Crippen molar-refractivity contribution in [1.82, 2.24) is 5.32 Å². The first-order chi connectivity index (χ1) is 8.94. The third-order valence-corrected chi connectivity index (χ3v) is 6.02. The highest BCUT2D eigenvalue weighted by Crippen LogP contribution is 2.39. The predicted molar refractivity (Wildman–Crippen MR) is 82.8 cm³/mol. The van der Waals surface area contributed by atoms with Crippen molar-refractivity contribution in [2.24, 2.45) is 11.8 Å². The lowest BCUT2D eigenvalue weighted by molar-refractivity contribution is -0.146. The molecule has 0 radical (unpaired) electrons. The van der Waals surface area contributed by atoms with Gasteiger partial charge >= 0.3 is 5.97 Å². The second-order valence-electron chi connectivity index (χ2n) is 6.00. The van der Waals surface area contributed by atoms with Crippen molar-refractivity contribution >= 4 is 17.7 Å². The maximum absolute atomic E-state index is 11.7. The monoisotopic (exact) mass is 287 g/mol. The Kier molecular flexibility index (Phi) is 6.67. The summed E-state index contributed by atoms with van der Waals surface area (Å²) in [6, 6.07) is 0. The predicted octanol–water partition coefficient (Wildman–Crippen LogP) is 3.39. The van der Waals surface area contributed by atoms with Crippen molar-refractivity contribution in [2.75, 3.05) is 12.3 Å². The van der Waals surface area contributed by atoms with E-state index in [1.807, 2.05) is 18.7 Å². The molecule has 0 bridgehead atoms. The van der Waals surface area contributed by atoms with Crippen LogP contribution in [-0.2, 0) is 4.79 Å². The van der Waals surface area contributed by atoms with Gasteiger partial charge in [0.05, 0.1) is 0 Å². The minimum absolute atomic E-state index is 0.289. The molecule has 19 heavy (non-hydrogen) atoms. The van der Waals surface area contributed by atoms with Crippen LogP contribution in [0.5, 0.6) is 0 Å². The fourth-order valence-corrected chi connectivity index (χ4v) is 4.14. The lowest BCUT2D eigenvalue weighted by atomic mass is 9.85. The number of rotatable bonds is 8. The fourth-order valence-electron chi connectivity index (χ4n) is 2.96. The van der Waals surface area contributed by atoms with E-state index in [0.717, 1.165) is 38.0 Å². The maximum Gasteiger partial charge on any atom is 0.324 e. The van der Waals surface area contributed by atoms with Gasteiger partial charge < -0.3 is 10.4 Å². The first-order valence-corrected chi connectivity index (χ1v) is 8.59. The SMILES string of the molecule is CCNC1(C(=O)O)CCCC1CCSC(C)C(C)C. The van der Waals surface area contributed by atoms with Crippen LogP contribution in [-0.4, -0.2) is 34.2 Å². The minimum atomic E-state index is -0.656. The molecule has 0 saturated heterocycles. The van der Waals surface area contributed by atoms with Crippen molar-refractivity contribution in [3.63, 3.8) is 0 Å². The summed E-state index contributed by atoms with van der Waals surface area (Å²) in [6.07, 6.45) is 3.89. The van der Waals surface area contributed by atoms with E-state index >= 15 is 0 Å². The fraction of sp³-hybridized carbons (Fsp3) is 0.933. The van der Waals surface area contributed by atoms with Crippen LogP contribution >= 0.6 is 11.8 Å². The summed E-state index contributed by atoms with van der Waals surface area (Å²) in [4.78, 5) is 11.7. The molecule has 4 heteroatoms. The normalized spacial score (nSPS) is 28.8. The molecule has 1 fully saturated rings. The van der Waals surface area contributed by atoms with Gasteiger partial charge in [0, 0.05) is 5.25 Å². The number of carbonyl (C=O) groups is 1. The van der Waals surface area contributed by atoms with Gasteiger partial charge in [-0.3, -0.25) is 4.79 Å². The quantitative estimate of drug-likeness (QED) is 0.718. The largest absolute Gasteiger partial charge is 0.480 e. The molecule has 112 valence electrons. The lowest BCUT2D eigenvalue weighted by Gasteiger charge is -2.32. The number of hydrogen-bond donors (Lipinski definition) is 2. The molecule has 0 aromatic heterocycles. The molecule has 0 aromatic carbocycles. The molecule has 2 N–H and O–H groups in total. The first kappa shape index (κ1) is 16.8. The standard InChI is InChI=1S/C15H29NO2S/c1-5-16-15(14(17)18)9-6-7-13(15)8-10-19-12(4)11(2)3/h11-13,16H,5-10H2,1-4H3,(H,17,18). The van der Waals surface area contributed by atoms with Gasteiger partial charge in [0.25, 0.3) is 0 Å². The molecule has 3 nitrogen and oxygen atoms in total. The van der Waals surface area contributed by atoms with Gasteiger partial charge in [-0.15, -0.1) is 0 Å². The van der Waals surface area contributed by atoms with Gasteiger partial charge in [0.1, 0.15) is 5.54 Å². The van der Waals surface area contributed by atoms with Gasteiger partial charge in [-0.25, -0.2) is 0 Å². The number of nitrogens with one attached hydrogen (secondary N) is 1. The molecule has 0 aliphatic heterocycles. The van der Waals surface area contributed by atoms with E-state index in [1.54, 1.807) is 0 Å². The number of carboxylic acids is 1. The summed E-state index contributed by atoms with van der Waals surface area (Å²) >= 11 is 1.98. The Bertz CT molecular complexity index is 296. The molecular weight excluding hydrogens is 258 g/mol. The highest BCUT2D eigenvalue weighted by atomic mass is 32.2. The van der Waals surface area contributed by atoms with Gasteiger partial charge in [0.15, 0.2) is 0 Å². The number of carboxylic acid groups (broad SMARTS) is 1. The Labute approximate surface area is 121 Å². The Morgan fingerprint density at radius 2 is 2.16 bits per heavy atom. The molecule has 1 rings (SSSR count). The van der Waals surface area contributed by atoms with E-state index in [2.05, 4.69) is 26.1 Å². The summed E-state index contributed by atoms with van der Waals surface area (Å²) < 4.78 is 0. The topological polar surface area (TPSA) is 49.3 Å². The number of likely N-dealkylation sites (N-methyl/N-ethyl adjacent to an activating group) is 1. The van der Waals surface area contributed by atoms with E-state index in [4.69, 9.17) is 0 Å². The van der Waals surface area contributed by atoms with Crippen LogP contribution in [0.4, 0.5) is 0 Å². The summed E-state index contributed by atoms with van der Waals surface area (Å²) in [5, 5.41) is 13.5. The van der Waals surface area contributed by atoms with Crippen molar-refractivity contribution in [3.05, 3.63) is 0 Å². The van der Waals surface area contributed by atoms with E-state index in [1.165, 1.54) is 0 Å². The van der Waals surface area contributed by atoms with Crippen LogP contribution in [0.3, 0.4) is 0 Å². The second kappa shape index (κ2) is 7.53. The highest BCUT2D eigenvalue weighted by Gasteiger charge is 2.48. The zero-order chi connectivity index (χ0) is 14.5. The minimum Gasteiger partial charge on any atom is -0.480 e. The molecule has 0 heterocycles. The highest BCUT2D eigenvalue weighted by molar-refractivity contribution is 7.99. The van der Waals surface area contributed by atoms with E-state index < -0.39 is 11.5 Å².